The second-order valence-electron chi connectivity index (χ2n) is 5.71. The predicted molar refractivity (Wildman–Crippen MR) is 106 cm³/mol. The molecule has 0 aliphatic heterocycles. The minimum Gasteiger partial charge on any atom is -0.351 e. The molecule has 0 aliphatic rings. The molecule has 7 heteroatoms. The van der Waals surface area contributed by atoms with Crippen LogP contribution in [0.1, 0.15) is 29.3 Å². The standard InChI is InChI=1S/C19H18ClN3O2S/c1-2-12-7-8-15-16(11-12)26-19(22-15)23-17(24)9-10-21-18(25)13-5-3-4-6-14(13)20/h3-8,11H,2,9-10H2,1H3,(H,21,25)(H,22,23,24). The van der Waals surface area contributed by atoms with Gasteiger partial charge in [-0.2, -0.15) is 0 Å². The van der Waals surface area contributed by atoms with Crippen molar-refractivity contribution in [1.82, 2.24) is 10.3 Å². The molecule has 0 bridgehead atoms. The van der Waals surface area contributed by atoms with E-state index in [-0.39, 0.29) is 24.8 Å². The summed E-state index contributed by atoms with van der Waals surface area (Å²) in [5.41, 5.74) is 2.50. The van der Waals surface area contributed by atoms with Crippen molar-refractivity contribution in [2.75, 3.05) is 11.9 Å². The zero-order valence-corrected chi connectivity index (χ0v) is 15.8. The van der Waals surface area contributed by atoms with E-state index in [2.05, 4.69) is 28.6 Å². The maximum absolute atomic E-state index is 12.1. The topological polar surface area (TPSA) is 71.1 Å². The van der Waals surface area contributed by atoms with Crippen molar-refractivity contribution in [3.63, 3.8) is 0 Å². The SMILES string of the molecule is CCc1ccc2nc(NC(=O)CCNC(=O)c3ccccc3Cl)sc2c1. The molecule has 0 fully saturated rings. The number of hydrogen-bond acceptors (Lipinski definition) is 4. The molecule has 0 saturated carbocycles. The Morgan fingerprint density at radius 1 is 1.19 bits per heavy atom. The summed E-state index contributed by atoms with van der Waals surface area (Å²) in [6, 6.07) is 12.9. The number of hydrogen-bond donors (Lipinski definition) is 2. The van der Waals surface area contributed by atoms with Gasteiger partial charge in [0.1, 0.15) is 0 Å². The molecule has 134 valence electrons. The van der Waals surface area contributed by atoms with E-state index in [1.165, 1.54) is 16.9 Å². The second kappa shape index (κ2) is 8.29. The lowest BCUT2D eigenvalue weighted by Gasteiger charge is -2.06. The molecule has 0 spiro atoms. The number of rotatable bonds is 6. The van der Waals surface area contributed by atoms with Gasteiger partial charge in [0.15, 0.2) is 5.13 Å². The number of benzene rings is 2. The van der Waals surface area contributed by atoms with E-state index < -0.39 is 0 Å². The van der Waals surface area contributed by atoms with E-state index in [9.17, 15) is 9.59 Å². The smallest absolute Gasteiger partial charge is 0.252 e. The summed E-state index contributed by atoms with van der Waals surface area (Å²) in [5, 5.41) is 6.43. The van der Waals surface area contributed by atoms with Gasteiger partial charge in [0.2, 0.25) is 5.91 Å². The highest BCUT2D eigenvalue weighted by molar-refractivity contribution is 7.22. The molecule has 2 amide bonds. The summed E-state index contributed by atoms with van der Waals surface area (Å²) < 4.78 is 1.05. The summed E-state index contributed by atoms with van der Waals surface area (Å²) in [6.07, 6.45) is 1.12. The molecule has 1 heterocycles. The molecular weight excluding hydrogens is 370 g/mol. The normalized spacial score (nSPS) is 10.7. The average Bonchev–Trinajstić information content (AvgIpc) is 3.02. The number of nitrogens with zero attached hydrogens (tertiary/aromatic N) is 1. The quantitative estimate of drug-likeness (QED) is 0.663. The number of nitrogens with one attached hydrogen (secondary N) is 2. The van der Waals surface area contributed by atoms with Gasteiger partial charge >= 0.3 is 0 Å². The van der Waals surface area contributed by atoms with Crippen molar-refractivity contribution >= 4 is 50.1 Å². The number of carbonyl (C=O) groups is 2. The molecule has 0 saturated heterocycles. The third-order valence-electron chi connectivity index (χ3n) is 3.86. The third-order valence-corrected chi connectivity index (χ3v) is 5.13. The van der Waals surface area contributed by atoms with Gasteiger partial charge in [-0.25, -0.2) is 4.98 Å². The van der Waals surface area contributed by atoms with Gasteiger partial charge in [0, 0.05) is 13.0 Å². The molecule has 2 N–H and O–H groups in total. The van der Waals surface area contributed by atoms with Crippen LogP contribution < -0.4 is 10.6 Å². The Morgan fingerprint density at radius 3 is 2.77 bits per heavy atom. The number of anilines is 1. The van der Waals surface area contributed by atoms with Crippen LogP contribution in [0.3, 0.4) is 0 Å². The lowest BCUT2D eigenvalue weighted by molar-refractivity contribution is -0.116. The Bertz CT molecular complexity index is 955. The first-order chi connectivity index (χ1) is 12.6. The van der Waals surface area contributed by atoms with Crippen molar-refractivity contribution in [2.24, 2.45) is 0 Å². The van der Waals surface area contributed by atoms with Crippen molar-refractivity contribution in [3.05, 3.63) is 58.6 Å². The maximum Gasteiger partial charge on any atom is 0.252 e. The fourth-order valence-electron chi connectivity index (χ4n) is 2.45. The van der Waals surface area contributed by atoms with E-state index in [0.717, 1.165) is 16.6 Å². The Kier molecular flexibility index (Phi) is 5.85. The number of fused-ring (bicyclic) bond motifs is 1. The first-order valence-corrected chi connectivity index (χ1v) is 9.48. The lowest BCUT2D eigenvalue weighted by Crippen LogP contribution is -2.27. The van der Waals surface area contributed by atoms with Crippen molar-refractivity contribution in [3.8, 4) is 0 Å². The van der Waals surface area contributed by atoms with Crippen molar-refractivity contribution < 1.29 is 9.59 Å². The van der Waals surface area contributed by atoms with Crippen LogP contribution in [0.25, 0.3) is 10.2 Å². The van der Waals surface area contributed by atoms with Crippen LogP contribution in [0.2, 0.25) is 5.02 Å². The van der Waals surface area contributed by atoms with Gasteiger partial charge in [-0.15, -0.1) is 0 Å². The molecule has 0 radical (unpaired) electrons. The van der Waals surface area contributed by atoms with E-state index in [1.807, 2.05) is 12.1 Å². The largest absolute Gasteiger partial charge is 0.351 e. The summed E-state index contributed by atoms with van der Waals surface area (Å²) in [5.74, 6) is -0.491. The van der Waals surface area contributed by atoms with Crippen LogP contribution in [0.15, 0.2) is 42.5 Å². The van der Waals surface area contributed by atoms with Crippen LogP contribution in [0, 0.1) is 0 Å². The second-order valence-corrected chi connectivity index (χ2v) is 7.15. The molecule has 2 aromatic carbocycles. The molecule has 3 rings (SSSR count). The molecular formula is C19H18ClN3O2S. The number of carbonyl (C=O) groups excluding carboxylic acids is 2. The predicted octanol–water partition coefficient (Wildman–Crippen LogP) is 4.27. The molecule has 1 aromatic heterocycles. The summed E-state index contributed by atoms with van der Waals surface area (Å²) >= 11 is 7.43. The molecule has 0 aliphatic carbocycles. The van der Waals surface area contributed by atoms with Gasteiger partial charge in [-0.1, -0.05) is 48.1 Å². The molecule has 0 atom stereocenters. The minimum atomic E-state index is -0.296. The highest BCUT2D eigenvalue weighted by Gasteiger charge is 2.11. The summed E-state index contributed by atoms with van der Waals surface area (Å²) in [7, 11) is 0. The number of halogens is 1. The van der Waals surface area contributed by atoms with Gasteiger partial charge < -0.3 is 10.6 Å². The molecule has 26 heavy (non-hydrogen) atoms. The Labute approximate surface area is 160 Å². The van der Waals surface area contributed by atoms with Crippen LogP contribution in [0.5, 0.6) is 0 Å². The summed E-state index contributed by atoms with van der Waals surface area (Å²) in [6.45, 7) is 2.32. The highest BCUT2D eigenvalue weighted by atomic mass is 35.5. The van der Waals surface area contributed by atoms with Crippen LogP contribution in [0.4, 0.5) is 5.13 Å². The number of aromatic nitrogens is 1. The fourth-order valence-corrected chi connectivity index (χ4v) is 3.62. The molecule has 5 nitrogen and oxygen atoms in total. The highest BCUT2D eigenvalue weighted by Crippen LogP contribution is 2.27. The Hall–Kier alpha value is -2.44. The van der Waals surface area contributed by atoms with Crippen LogP contribution in [-0.2, 0) is 11.2 Å². The zero-order valence-electron chi connectivity index (χ0n) is 14.2. The van der Waals surface area contributed by atoms with Gasteiger partial charge in [-0.3, -0.25) is 9.59 Å². The lowest BCUT2D eigenvalue weighted by atomic mass is 10.2. The maximum atomic E-state index is 12.1. The molecule has 0 unspecified atom stereocenters. The monoisotopic (exact) mass is 387 g/mol. The zero-order chi connectivity index (χ0) is 18.5. The Balaban J connectivity index is 1.53. The fraction of sp³-hybridized carbons (Fsp3) is 0.211. The first-order valence-electron chi connectivity index (χ1n) is 8.29. The van der Waals surface area contributed by atoms with Crippen LogP contribution >= 0.6 is 22.9 Å². The minimum absolute atomic E-state index is 0.159. The van der Waals surface area contributed by atoms with Crippen molar-refractivity contribution in [2.45, 2.75) is 19.8 Å². The van der Waals surface area contributed by atoms with E-state index in [1.54, 1.807) is 24.3 Å². The van der Waals surface area contributed by atoms with Crippen LogP contribution in [-0.4, -0.2) is 23.3 Å². The van der Waals surface area contributed by atoms with Gasteiger partial charge in [0.05, 0.1) is 20.8 Å². The average molecular weight is 388 g/mol. The summed E-state index contributed by atoms with van der Waals surface area (Å²) in [4.78, 5) is 28.5. The van der Waals surface area contributed by atoms with Crippen molar-refractivity contribution in [1.29, 1.82) is 0 Å². The van der Waals surface area contributed by atoms with E-state index in [4.69, 9.17) is 11.6 Å². The molecule has 3 aromatic rings. The van der Waals surface area contributed by atoms with E-state index in [0.29, 0.717) is 15.7 Å². The number of amides is 2. The van der Waals surface area contributed by atoms with Gasteiger partial charge in [-0.05, 0) is 36.2 Å². The number of aryl methyl sites for hydroxylation is 1. The Morgan fingerprint density at radius 2 is 2.00 bits per heavy atom. The van der Waals surface area contributed by atoms with E-state index >= 15 is 0 Å². The first kappa shape index (κ1) is 18.4. The number of thiazole rings is 1. The van der Waals surface area contributed by atoms with Gasteiger partial charge in [0.25, 0.3) is 5.91 Å². The third kappa shape index (κ3) is 4.39.